The summed E-state index contributed by atoms with van der Waals surface area (Å²) in [6.45, 7) is 4.51. The average Bonchev–Trinajstić information content (AvgIpc) is 2.96. The van der Waals surface area contributed by atoms with Crippen molar-refractivity contribution in [1.29, 1.82) is 5.26 Å². The molecule has 4 heteroatoms. The third-order valence-electron chi connectivity index (χ3n) is 6.04. The molecule has 1 saturated carbocycles. The fraction of sp³-hybridized carbons (Fsp3) is 0.714. The third kappa shape index (κ3) is 4.26. The van der Waals surface area contributed by atoms with Gasteiger partial charge in [-0.25, -0.2) is 0 Å². The van der Waals surface area contributed by atoms with Crippen molar-refractivity contribution in [2.24, 2.45) is 17.8 Å². The monoisotopic (exact) mass is 358 g/mol. The molecule has 1 heterocycles. The molecule has 1 aromatic heterocycles. The number of nitrogens with zero attached hydrogens (tertiary/aromatic N) is 1. The molecule has 136 valence electrons. The molecule has 0 saturated heterocycles. The third-order valence-corrected chi connectivity index (χ3v) is 7.21. The van der Waals surface area contributed by atoms with Gasteiger partial charge in [-0.1, -0.05) is 33.1 Å². The lowest BCUT2D eigenvalue weighted by molar-refractivity contribution is -0.121. The summed E-state index contributed by atoms with van der Waals surface area (Å²) in [7, 11) is 0. The lowest BCUT2D eigenvalue weighted by Gasteiger charge is -2.27. The van der Waals surface area contributed by atoms with E-state index in [1.807, 2.05) is 0 Å². The van der Waals surface area contributed by atoms with Gasteiger partial charge in [0, 0.05) is 10.8 Å². The number of nitriles is 1. The van der Waals surface area contributed by atoms with Crippen molar-refractivity contribution in [2.75, 3.05) is 5.32 Å². The summed E-state index contributed by atoms with van der Waals surface area (Å²) in [6.07, 6.45) is 11.4. The van der Waals surface area contributed by atoms with E-state index in [2.05, 4.69) is 25.2 Å². The van der Waals surface area contributed by atoms with Crippen molar-refractivity contribution >= 4 is 22.2 Å². The van der Waals surface area contributed by atoms with Gasteiger partial charge in [-0.05, 0) is 62.3 Å². The number of hydrogen-bond donors (Lipinski definition) is 1. The van der Waals surface area contributed by atoms with Crippen LogP contribution in [0.15, 0.2) is 0 Å². The van der Waals surface area contributed by atoms with E-state index >= 15 is 0 Å². The highest BCUT2D eigenvalue weighted by molar-refractivity contribution is 7.16. The second-order valence-electron chi connectivity index (χ2n) is 8.02. The highest BCUT2D eigenvalue weighted by atomic mass is 32.1. The first-order valence-corrected chi connectivity index (χ1v) is 10.8. The summed E-state index contributed by atoms with van der Waals surface area (Å²) in [5, 5.41) is 13.5. The van der Waals surface area contributed by atoms with Crippen LogP contribution < -0.4 is 5.32 Å². The second kappa shape index (κ2) is 8.36. The smallest absolute Gasteiger partial charge is 0.228 e. The minimum atomic E-state index is 0.127. The van der Waals surface area contributed by atoms with Crippen molar-refractivity contribution in [3.05, 3.63) is 16.0 Å². The number of fused-ring (bicyclic) bond motifs is 1. The van der Waals surface area contributed by atoms with Crippen LogP contribution in [-0.2, 0) is 17.6 Å². The Morgan fingerprint density at radius 1 is 1.28 bits per heavy atom. The van der Waals surface area contributed by atoms with Crippen LogP contribution in [0.25, 0.3) is 0 Å². The maximum atomic E-state index is 12.7. The lowest BCUT2D eigenvalue weighted by Crippen LogP contribution is -2.27. The Morgan fingerprint density at radius 3 is 2.72 bits per heavy atom. The second-order valence-corrected chi connectivity index (χ2v) is 9.12. The Labute approximate surface area is 155 Å². The van der Waals surface area contributed by atoms with Gasteiger partial charge in [-0.3, -0.25) is 4.79 Å². The molecule has 0 aliphatic heterocycles. The highest BCUT2D eigenvalue weighted by Gasteiger charge is 2.29. The number of carbonyl (C=O) groups excluding carboxylic acids is 1. The Morgan fingerprint density at radius 2 is 2.04 bits per heavy atom. The summed E-state index contributed by atoms with van der Waals surface area (Å²) in [6, 6.07) is 2.35. The van der Waals surface area contributed by atoms with Crippen molar-refractivity contribution < 1.29 is 4.79 Å². The standard InChI is InChI=1S/C21H30N2OS/c1-3-4-5-15-7-9-16(10-8-15)20(24)23-21-18(13-22)17-11-6-14(2)12-19(17)25-21/h14-16H,3-12H2,1-2H3,(H,23,24). The number of amides is 1. The van der Waals surface area contributed by atoms with Crippen molar-refractivity contribution in [3.63, 3.8) is 0 Å². The molecule has 1 amide bonds. The molecule has 0 bridgehead atoms. The fourth-order valence-electron chi connectivity index (χ4n) is 4.38. The number of carbonyl (C=O) groups is 1. The van der Waals surface area contributed by atoms with Gasteiger partial charge < -0.3 is 5.32 Å². The van der Waals surface area contributed by atoms with E-state index in [1.54, 1.807) is 11.3 Å². The van der Waals surface area contributed by atoms with Crippen LogP contribution in [0, 0.1) is 29.1 Å². The maximum absolute atomic E-state index is 12.7. The fourth-order valence-corrected chi connectivity index (χ4v) is 5.74. The van der Waals surface area contributed by atoms with Gasteiger partial charge in [0.15, 0.2) is 0 Å². The molecule has 1 unspecified atom stereocenters. The zero-order chi connectivity index (χ0) is 17.8. The van der Waals surface area contributed by atoms with Gasteiger partial charge in [0.05, 0.1) is 5.56 Å². The zero-order valence-corrected chi connectivity index (χ0v) is 16.4. The molecular formula is C21H30N2OS. The molecule has 0 radical (unpaired) electrons. The van der Waals surface area contributed by atoms with Gasteiger partial charge in [-0.15, -0.1) is 11.3 Å². The number of anilines is 1. The average molecular weight is 359 g/mol. The van der Waals surface area contributed by atoms with Crippen LogP contribution in [-0.4, -0.2) is 5.91 Å². The molecule has 1 fully saturated rings. The van der Waals surface area contributed by atoms with E-state index in [9.17, 15) is 10.1 Å². The molecule has 0 aromatic carbocycles. The predicted octanol–water partition coefficient (Wildman–Crippen LogP) is 5.68. The van der Waals surface area contributed by atoms with Crippen LogP contribution in [0.3, 0.4) is 0 Å². The number of rotatable bonds is 5. The van der Waals surface area contributed by atoms with E-state index < -0.39 is 0 Å². The number of nitrogens with one attached hydrogen (secondary N) is 1. The molecule has 3 nitrogen and oxygen atoms in total. The van der Waals surface area contributed by atoms with E-state index in [1.165, 1.54) is 42.5 Å². The molecule has 3 rings (SSSR count). The molecule has 2 aliphatic rings. The Balaban J connectivity index is 1.61. The van der Waals surface area contributed by atoms with E-state index in [0.29, 0.717) is 5.92 Å². The van der Waals surface area contributed by atoms with Crippen molar-refractivity contribution in [3.8, 4) is 6.07 Å². The van der Waals surface area contributed by atoms with E-state index in [-0.39, 0.29) is 11.8 Å². The van der Waals surface area contributed by atoms with Crippen LogP contribution in [0.1, 0.15) is 81.2 Å². The van der Waals surface area contributed by atoms with Gasteiger partial charge in [0.1, 0.15) is 11.1 Å². The van der Waals surface area contributed by atoms with Crippen LogP contribution >= 0.6 is 11.3 Å². The number of thiophene rings is 1. The summed E-state index contributed by atoms with van der Waals surface area (Å²) >= 11 is 1.64. The molecular weight excluding hydrogens is 328 g/mol. The molecule has 0 spiro atoms. The summed E-state index contributed by atoms with van der Waals surface area (Å²) < 4.78 is 0. The van der Waals surface area contributed by atoms with Crippen molar-refractivity contribution in [1.82, 2.24) is 0 Å². The van der Waals surface area contributed by atoms with Crippen molar-refractivity contribution in [2.45, 2.75) is 78.1 Å². The molecule has 25 heavy (non-hydrogen) atoms. The maximum Gasteiger partial charge on any atom is 0.228 e. The molecule has 1 N–H and O–H groups in total. The first-order valence-electron chi connectivity index (χ1n) is 9.97. The normalized spacial score (nSPS) is 25.9. The summed E-state index contributed by atoms with van der Waals surface area (Å²) in [5.74, 6) is 1.76. The van der Waals surface area contributed by atoms with Gasteiger partial charge in [0.25, 0.3) is 0 Å². The number of hydrogen-bond acceptors (Lipinski definition) is 3. The zero-order valence-electron chi connectivity index (χ0n) is 15.6. The first-order chi connectivity index (χ1) is 12.1. The lowest BCUT2D eigenvalue weighted by atomic mass is 9.79. The van der Waals surface area contributed by atoms with Crippen LogP contribution in [0.2, 0.25) is 0 Å². The summed E-state index contributed by atoms with van der Waals surface area (Å²) in [5.41, 5.74) is 1.93. The largest absolute Gasteiger partial charge is 0.316 e. The minimum Gasteiger partial charge on any atom is -0.316 e. The van der Waals surface area contributed by atoms with Gasteiger partial charge in [-0.2, -0.15) is 5.26 Å². The number of unbranched alkanes of at least 4 members (excludes halogenated alkanes) is 1. The van der Waals surface area contributed by atoms with E-state index in [4.69, 9.17) is 0 Å². The SMILES string of the molecule is CCCCC1CCC(C(=O)Nc2sc3c(c2C#N)CCC(C)C3)CC1. The Hall–Kier alpha value is -1.34. The topological polar surface area (TPSA) is 52.9 Å². The van der Waals surface area contributed by atoms with E-state index in [0.717, 1.165) is 48.6 Å². The van der Waals surface area contributed by atoms with Crippen LogP contribution in [0.4, 0.5) is 5.00 Å². The Bertz CT molecular complexity index is 650. The Kier molecular flexibility index (Phi) is 6.17. The highest BCUT2D eigenvalue weighted by Crippen LogP contribution is 2.40. The van der Waals surface area contributed by atoms with Gasteiger partial charge >= 0.3 is 0 Å². The molecule has 2 aliphatic carbocycles. The van der Waals surface area contributed by atoms with Gasteiger partial charge in [0.2, 0.25) is 5.91 Å². The van der Waals surface area contributed by atoms with Crippen LogP contribution in [0.5, 0.6) is 0 Å². The quantitative estimate of drug-likeness (QED) is 0.736. The summed E-state index contributed by atoms with van der Waals surface area (Å²) in [4.78, 5) is 14.0. The molecule has 1 atom stereocenters. The molecule has 1 aromatic rings. The first kappa shape index (κ1) is 18.5. The minimum absolute atomic E-state index is 0.127. The predicted molar refractivity (Wildman–Crippen MR) is 104 cm³/mol.